The zero-order chi connectivity index (χ0) is 25.5. The monoisotopic (exact) mass is 506 g/mol. The smallest absolute Gasteiger partial charge is 0.375 e. The molecule has 0 saturated heterocycles. The average molecular weight is 507 g/mol. The Morgan fingerprint density at radius 1 is 0.971 bits per heavy atom. The highest BCUT2D eigenvalue weighted by atomic mass is 32.2. The van der Waals surface area contributed by atoms with Crippen molar-refractivity contribution < 1.29 is 31.1 Å². The Morgan fingerprint density at radius 2 is 1.66 bits per heavy atom. The molecule has 186 valence electrons. The van der Waals surface area contributed by atoms with Crippen molar-refractivity contribution in [2.75, 3.05) is 24.0 Å². The first-order chi connectivity index (χ1) is 16.6. The molecule has 0 fully saturated rings. The van der Waals surface area contributed by atoms with Crippen molar-refractivity contribution in [3.05, 3.63) is 95.6 Å². The summed E-state index contributed by atoms with van der Waals surface area (Å²) in [4.78, 5) is 12.4. The Hall–Kier alpha value is -3.37. The lowest BCUT2D eigenvalue weighted by molar-refractivity contribution is -0.137. The van der Waals surface area contributed by atoms with Gasteiger partial charge in [0, 0.05) is 6.54 Å². The van der Waals surface area contributed by atoms with Gasteiger partial charge in [0.25, 0.3) is 10.0 Å². The Morgan fingerprint density at radius 3 is 2.31 bits per heavy atom. The van der Waals surface area contributed by atoms with Crippen LogP contribution < -0.4 is 9.62 Å². The van der Waals surface area contributed by atoms with Gasteiger partial charge >= 0.3 is 6.18 Å². The molecule has 0 spiro atoms. The van der Waals surface area contributed by atoms with Gasteiger partial charge in [0.2, 0.25) is 5.91 Å². The maximum absolute atomic E-state index is 13.3. The molecule has 0 heterocycles. The summed E-state index contributed by atoms with van der Waals surface area (Å²) in [6, 6.07) is 19.1. The molecule has 6 nitrogen and oxygen atoms in total. The second-order valence-corrected chi connectivity index (χ2v) is 9.62. The number of aryl methyl sites for hydroxylation is 1. The van der Waals surface area contributed by atoms with Crippen LogP contribution >= 0.6 is 0 Å². The number of sulfonamides is 1. The summed E-state index contributed by atoms with van der Waals surface area (Å²) in [6.45, 7) is 1.70. The van der Waals surface area contributed by atoms with E-state index in [4.69, 9.17) is 4.74 Å². The third kappa shape index (κ3) is 7.30. The zero-order valence-corrected chi connectivity index (χ0v) is 19.8. The van der Waals surface area contributed by atoms with E-state index in [0.29, 0.717) is 17.0 Å². The number of hydrogen-bond donors (Lipinski definition) is 1. The largest absolute Gasteiger partial charge is 0.416 e. The molecule has 0 radical (unpaired) electrons. The molecular formula is C25H25F3N2O4S. The molecular weight excluding hydrogens is 481 g/mol. The van der Waals surface area contributed by atoms with Gasteiger partial charge in [0.15, 0.2) is 0 Å². The molecule has 1 N–H and O–H groups in total. The van der Waals surface area contributed by atoms with Gasteiger partial charge in [-0.1, -0.05) is 54.1 Å². The first-order valence-corrected chi connectivity index (χ1v) is 12.2. The van der Waals surface area contributed by atoms with Crippen LogP contribution in [-0.4, -0.2) is 34.0 Å². The fourth-order valence-corrected chi connectivity index (χ4v) is 4.62. The molecule has 0 atom stereocenters. The molecule has 0 unspecified atom stereocenters. The molecule has 0 aliphatic carbocycles. The highest BCUT2D eigenvalue weighted by Crippen LogP contribution is 2.33. The second kappa shape index (κ2) is 11.4. The molecule has 0 bridgehead atoms. The number of halogens is 3. The number of carbonyl (C=O) groups is 1. The van der Waals surface area contributed by atoms with Gasteiger partial charge in [-0.25, -0.2) is 8.42 Å². The number of nitrogens with one attached hydrogen (secondary N) is 1. The van der Waals surface area contributed by atoms with Gasteiger partial charge in [0.1, 0.15) is 6.54 Å². The van der Waals surface area contributed by atoms with E-state index in [2.05, 4.69) is 5.32 Å². The average Bonchev–Trinajstić information content (AvgIpc) is 2.83. The number of rotatable bonds is 10. The van der Waals surface area contributed by atoms with E-state index < -0.39 is 34.2 Å². The molecule has 35 heavy (non-hydrogen) atoms. The van der Waals surface area contributed by atoms with Crippen LogP contribution in [0, 0.1) is 6.92 Å². The molecule has 1 amide bonds. The van der Waals surface area contributed by atoms with Crippen molar-refractivity contribution in [3.8, 4) is 0 Å². The minimum Gasteiger partial charge on any atom is -0.375 e. The Kier molecular flexibility index (Phi) is 8.52. The van der Waals surface area contributed by atoms with Crippen LogP contribution in [0.2, 0.25) is 0 Å². The number of alkyl halides is 3. The van der Waals surface area contributed by atoms with E-state index in [1.807, 2.05) is 30.3 Å². The van der Waals surface area contributed by atoms with Crippen LogP contribution in [-0.2, 0) is 32.3 Å². The van der Waals surface area contributed by atoms with E-state index in [9.17, 15) is 26.4 Å². The number of nitrogens with zero attached hydrogens (tertiary/aromatic N) is 1. The van der Waals surface area contributed by atoms with Crippen molar-refractivity contribution >= 4 is 21.6 Å². The lowest BCUT2D eigenvalue weighted by Gasteiger charge is -2.25. The molecule has 3 aromatic carbocycles. The number of amides is 1. The quantitative estimate of drug-likeness (QED) is 0.410. The summed E-state index contributed by atoms with van der Waals surface area (Å²) in [7, 11) is -4.33. The van der Waals surface area contributed by atoms with Gasteiger partial charge < -0.3 is 10.1 Å². The number of carbonyl (C=O) groups excluding carboxylic acids is 1. The number of anilines is 1. The van der Waals surface area contributed by atoms with Gasteiger partial charge in [-0.15, -0.1) is 0 Å². The fraction of sp³-hybridized carbons (Fsp3) is 0.240. The van der Waals surface area contributed by atoms with Crippen LogP contribution in [0.1, 0.15) is 16.7 Å². The highest BCUT2D eigenvalue weighted by Gasteiger charge is 2.33. The Balaban J connectivity index is 1.74. The van der Waals surface area contributed by atoms with Crippen molar-refractivity contribution in [1.82, 2.24) is 5.32 Å². The number of hydrogen-bond acceptors (Lipinski definition) is 4. The summed E-state index contributed by atoms with van der Waals surface area (Å²) in [5.74, 6) is -0.679. The van der Waals surface area contributed by atoms with Gasteiger partial charge in [-0.3, -0.25) is 9.10 Å². The summed E-state index contributed by atoms with van der Waals surface area (Å²) in [5.41, 5.74) is 0.478. The third-order valence-corrected chi connectivity index (χ3v) is 6.83. The van der Waals surface area contributed by atoms with Crippen LogP contribution in [0.4, 0.5) is 18.9 Å². The summed E-state index contributed by atoms with van der Waals surface area (Å²) in [5, 5.41) is 2.55. The van der Waals surface area contributed by atoms with E-state index >= 15 is 0 Å². The first-order valence-electron chi connectivity index (χ1n) is 10.7. The van der Waals surface area contributed by atoms with E-state index in [1.54, 1.807) is 19.1 Å². The van der Waals surface area contributed by atoms with Crippen LogP contribution in [0.3, 0.4) is 0 Å². The molecule has 0 aromatic heterocycles. The van der Waals surface area contributed by atoms with E-state index in [-0.39, 0.29) is 23.7 Å². The fourth-order valence-electron chi connectivity index (χ4n) is 3.20. The molecule has 10 heteroatoms. The minimum absolute atomic E-state index is 0.104. The van der Waals surface area contributed by atoms with Gasteiger partial charge in [0.05, 0.1) is 29.4 Å². The maximum Gasteiger partial charge on any atom is 0.416 e. The SMILES string of the molecule is Cc1ccc(S(=O)(=O)N(CC(=O)NCCOCc2ccccc2)c2cccc(C(F)(F)F)c2)cc1. The Bertz CT molecular complexity index is 1230. The standard InChI is InChI=1S/C25H25F3N2O4S/c1-19-10-12-23(13-11-19)35(32,33)30(22-9-5-8-21(16-22)25(26,27)28)17-24(31)29-14-15-34-18-20-6-3-2-4-7-20/h2-13,16H,14-15,17-18H2,1H3,(H,29,31). The first kappa shape index (κ1) is 26.2. The minimum atomic E-state index is -4.67. The third-order valence-electron chi connectivity index (χ3n) is 5.04. The van der Waals surface area contributed by atoms with Crippen molar-refractivity contribution in [3.63, 3.8) is 0 Å². The zero-order valence-electron chi connectivity index (χ0n) is 19.0. The summed E-state index contributed by atoms with van der Waals surface area (Å²) in [6.07, 6.45) is -4.67. The maximum atomic E-state index is 13.3. The topological polar surface area (TPSA) is 75.7 Å². The Labute approximate surface area is 202 Å². The predicted molar refractivity (Wildman–Crippen MR) is 126 cm³/mol. The molecule has 3 aromatic rings. The van der Waals surface area contributed by atoms with Crippen LogP contribution in [0.5, 0.6) is 0 Å². The molecule has 0 aliphatic rings. The van der Waals surface area contributed by atoms with Crippen LogP contribution in [0.25, 0.3) is 0 Å². The summed E-state index contributed by atoms with van der Waals surface area (Å²) < 4.78 is 72.6. The lowest BCUT2D eigenvalue weighted by atomic mass is 10.2. The van der Waals surface area contributed by atoms with E-state index in [0.717, 1.165) is 23.3 Å². The summed E-state index contributed by atoms with van der Waals surface area (Å²) >= 11 is 0. The number of ether oxygens (including phenoxy) is 1. The molecule has 0 aliphatic heterocycles. The van der Waals surface area contributed by atoms with Gasteiger partial charge in [-0.05, 0) is 42.8 Å². The number of benzene rings is 3. The van der Waals surface area contributed by atoms with Crippen LogP contribution in [0.15, 0.2) is 83.8 Å². The van der Waals surface area contributed by atoms with Crippen molar-refractivity contribution in [2.24, 2.45) is 0 Å². The lowest BCUT2D eigenvalue weighted by Crippen LogP contribution is -2.41. The van der Waals surface area contributed by atoms with Crippen molar-refractivity contribution in [2.45, 2.75) is 24.6 Å². The molecule has 0 saturated carbocycles. The van der Waals surface area contributed by atoms with E-state index in [1.165, 1.54) is 18.2 Å². The normalized spacial score (nSPS) is 11.8. The van der Waals surface area contributed by atoms with Gasteiger partial charge in [-0.2, -0.15) is 13.2 Å². The molecule has 3 rings (SSSR count). The highest BCUT2D eigenvalue weighted by molar-refractivity contribution is 7.92. The predicted octanol–water partition coefficient (Wildman–Crippen LogP) is 4.54. The second-order valence-electron chi connectivity index (χ2n) is 7.76. The van der Waals surface area contributed by atoms with Crippen molar-refractivity contribution in [1.29, 1.82) is 0 Å².